The van der Waals surface area contributed by atoms with Crippen molar-refractivity contribution in [3.63, 3.8) is 0 Å². The molecule has 14 heavy (non-hydrogen) atoms. The molecule has 0 fully saturated rings. The summed E-state index contributed by atoms with van der Waals surface area (Å²) in [5, 5.41) is 3.45. The lowest BCUT2D eigenvalue weighted by molar-refractivity contribution is 0.610. The van der Waals surface area contributed by atoms with Crippen LogP contribution in [-0.2, 0) is 6.54 Å². The van der Waals surface area contributed by atoms with E-state index in [9.17, 15) is 0 Å². The highest BCUT2D eigenvalue weighted by Crippen LogP contribution is 2.07. The van der Waals surface area contributed by atoms with E-state index in [4.69, 9.17) is 0 Å². The van der Waals surface area contributed by atoms with Crippen molar-refractivity contribution in [1.82, 2.24) is 5.32 Å². The maximum absolute atomic E-state index is 3.45. The molecule has 0 atom stereocenters. The Morgan fingerprint density at radius 3 is 2.57 bits per heavy atom. The lowest BCUT2D eigenvalue weighted by atomic mass is 10.1. The van der Waals surface area contributed by atoms with Crippen molar-refractivity contribution in [2.24, 2.45) is 0 Å². The third-order valence-corrected chi connectivity index (χ3v) is 2.34. The maximum atomic E-state index is 3.45. The third-order valence-electron chi connectivity index (χ3n) is 2.34. The van der Waals surface area contributed by atoms with Crippen LogP contribution in [0.4, 0.5) is 0 Å². The Bertz CT molecular complexity index is 230. The van der Waals surface area contributed by atoms with E-state index in [0.717, 1.165) is 6.54 Å². The van der Waals surface area contributed by atoms with Crippen molar-refractivity contribution < 1.29 is 0 Å². The highest BCUT2D eigenvalue weighted by atomic mass is 14.9. The average Bonchev–Trinajstić information content (AvgIpc) is 2.25. The lowest BCUT2D eigenvalue weighted by Crippen LogP contribution is -2.17. The summed E-state index contributed by atoms with van der Waals surface area (Å²) in [5.41, 5.74) is 1.35. The summed E-state index contributed by atoms with van der Waals surface area (Å²) in [4.78, 5) is 0. The summed E-state index contributed by atoms with van der Waals surface area (Å²) >= 11 is 0. The number of rotatable bonds is 6. The van der Waals surface area contributed by atoms with Gasteiger partial charge in [0.05, 0.1) is 0 Å². The van der Waals surface area contributed by atoms with Gasteiger partial charge in [-0.05, 0) is 18.9 Å². The SMILES string of the molecule is CCCC[C](C)NCc1ccccc1. The molecule has 77 valence electrons. The van der Waals surface area contributed by atoms with Gasteiger partial charge < -0.3 is 5.32 Å². The quantitative estimate of drug-likeness (QED) is 0.723. The van der Waals surface area contributed by atoms with Gasteiger partial charge in [-0.15, -0.1) is 0 Å². The smallest absolute Gasteiger partial charge is 0.0335 e. The van der Waals surface area contributed by atoms with Crippen LogP contribution in [0.2, 0.25) is 0 Å². The Hall–Kier alpha value is -0.820. The van der Waals surface area contributed by atoms with Crippen molar-refractivity contribution in [3.8, 4) is 0 Å². The molecule has 0 heterocycles. The van der Waals surface area contributed by atoms with Crippen LogP contribution in [0.5, 0.6) is 0 Å². The normalized spacial score (nSPS) is 10.8. The first-order valence-corrected chi connectivity index (χ1v) is 5.43. The van der Waals surface area contributed by atoms with Gasteiger partial charge in [0.2, 0.25) is 0 Å². The van der Waals surface area contributed by atoms with Crippen LogP contribution in [0, 0.1) is 6.04 Å². The van der Waals surface area contributed by atoms with Crippen LogP contribution in [-0.4, -0.2) is 0 Å². The summed E-state index contributed by atoms with van der Waals surface area (Å²) in [6.45, 7) is 5.36. The van der Waals surface area contributed by atoms with Crippen LogP contribution >= 0.6 is 0 Å². The zero-order valence-corrected chi connectivity index (χ0v) is 9.22. The second-order valence-corrected chi connectivity index (χ2v) is 3.72. The highest BCUT2D eigenvalue weighted by Gasteiger charge is 2.00. The number of unbranched alkanes of at least 4 members (excludes halogenated alkanes) is 1. The largest absolute Gasteiger partial charge is 0.306 e. The third kappa shape index (κ3) is 4.43. The van der Waals surface area contributed by atoms with Gasteiger partial charge in [-0.2, -0.15) is 0 Å². The fourth-order valence-electron chi connectivity index (χ4n) is 1.38. The molecular formula is C13H20N. The first-order valence-electron chi connectivity index (χ1n) is 5.43. The van der Waals surface area contributed by atoms with Gasteiger partial charge >= 0.3 is 0 Å². The molecule has 0 saturated carbocycles. The van der Waals surface area contributed by atoms with E-state index in [1.807, 2.05) is 0 Å². The molecular weight excluding hydrogens is 170 g/mol. The molecule has 1 heteroatoms. The van der Waals surface area contributed by atoms with Crippen molar-refractivity contribution in [1.29, 1.82) is 0 Å². The van der Waals surface area contributed by atoms with Crippen LogP contribution in [0.3, 0.4) is 0 Å². The fourth-order valence-corrected chi connectivity index (χ4v) is 1.38. The predicted molar refractivity (Wildman–Crippen MR) is 61.7 cm³/mol. The molecule has 1 aromatic carbocycles. The van der Waals surface area contributed by atoms with Crippen molar-refractivity contribution >= 4 is 0 Å². The van der Waals surface area contributed by atoms with E-state index >= 15 is 0 Å². The van der Waals surface area contributed by atoms with E-state index in [0.29, 0.717) is 0 Å². The minimum atomic E-state index is 0.955. The van der Waals surface area contributed by atoms with Crippen LogP contribution in [0.15, 0.2) is 30.3 Å². The van der Waals surface area contributed by atoms with Crippen LogP contribution in [0.25, 0.3) is 0 Å². The van der Waals surface area contributed by atoms with Gasteiger partial charge in [-0.3, -0.25) is 0 Å². The van der Waals surface area contributed by atoms with Crippen LogP contribution < -0.4 is 5.32 Å². The monoisotopic (exact) mass is 190 g/mol. The number of nitrogens with one attached hydrogen (secondary N) is 1. The minimum Gasteiger partial charge on any atom is -0.306 e. The zero-order valence-electron chi connectivity index (χ0n) is 9.22. The predicted octanol–water partition coefficient (Wildman–Crippen LogP) is 3.52. The molecule has 1 N–H and O–H groups in total. The molecule has 0 spiro atoms. The van der Waals surface area contributed by atoms with Gasteiger partial charge in [0, 0.05) is 12.6 Å². The van der Waals surface area contributed by atoms with Gasteiger partial charge in [-0.1, -0.05) is 50.1 Å². The fraction of sp³-hybridized carbons (Fsp3) is 0.462. The number of hydrogen-bond acceptors (Lipinski definition) is 1. The first-order chi connectivity index (χ1) is 6.83. The summed E-state index contributed by atoms with van der Waals surface area (Å²) in [6, 6.07) is 11.9. The van der Waals surface area contributed by atoms with E-state index in [1.54, 1.807) is 0 Å². The summed E-state index contributed by atoms with van der Waals surface area (Å²) in [6.07, 6.45) is 3.75. The minimum absolute atomic E-state index is 0.955. The van der Waals surface area contributed by atoms with Crippen molar-refractivity contribution in [2.75, 3.05) is 0 Å². The molecule has 1 rings (SSSR count). The van der Waals surface area contributed by atoms with Crippen LogP contribution in [0.1, 0.15) is 38.7 Å². The lowest BCUT2D eigenvalue weighted by Gasteiger charge is -2.12. The molecule has 0 saturated heterocycles. The summed E-state index contributed by atoms with van der Waals surface area (Å²) < 4.78 is 0. The molecule has 0 aliphatic heterocycles. The zero-order chi connectivity index (χ0) is 10.2. The molecule has 1 nitrogen and oxygen atoms in total. The number of benzene rings is 1. The van der Waals surface area contributed by atoms with E-state index in [-0.39, 0.29) is 0 Å². The molecule has 0 amide bonds. The van der Waals surface area contributed by atoms with Crippen molar-refractivity contribution in [3.05, 3.63) is 41.9 Å². The topological polar surface area (TPSA) is 12.0 Å². The Morgan fingerprint density at radius 2 is 1.93 bits per heavy atom. The molecule has 1 radical (unpaired) electrons. The van der Waals surface area contributed by atoms with E-state index in [2.05, 4.69) is 49.5 Å². The first kappa shape index (κ1) is 11.3. The summed E-state index contributed by atoms with van der Waals surface area (Å²) in [7, 11) is 0. The van der Waals surface area contributed by atoms with E-state index in [1.165, 1.54) is 30.9 Å². The average molecular weight is 190 g/mol. The van der Waals surface area contributed by atoms with E-state index < -0.39 is 0 Å². The number of hydrogen-bond donors (Lipinski definition) is 1. The van der Waals surface area contributed by atoms with Gasteiger partial charge in [0.15, 0.2) is 0 Å². The van der Waals surface area contributed by atoms with Gasteiger partial charge in [-0.25, -0.2) is 0 Å². The van der Waals surface area contributed by atoms with Gasteiger partial charge in [0.1, 0.15) is 0 Å². The van der Waals surface area contributed by atoms with Gasteiger partial charge in [0.25, 0.3) is 0 Å². The maximum Gasteiger partial charge on any atom is 0.0335 e. The molecule has 0 aliphatic rings. The van der Waals surface area contributed by atoms with Crippen molar-refractivity contribution in [2.45, 2.75) is 39.7 Å². The molecule has 0 unspecified atom stereocenters. The molecule has 0 aliphatic carbocycles. The Kier molecular flexibility index (Phi) is 5.31. The standard InChI is InChI=1S/C13H20N/c1-3-4-8-12(2)14-11-13-9-6-5-7-10-13/h5-7,9-10,14H,3-4,8,11H2,1-2H3. The Labute approximate surface area is 87.5 Å². The highest BCUT2D eigenvalue weighted by molar-refractivity contribution is 5.14. The molecule has 0 aromatic heterocycles. The second kappa shape index (κ2) is 6.61. The molecule has 1 aromatic rings. The molecule has 0 bridgehead atoms. The Balaban J connectivity index is 2.20. The Morgan fingerprint density at radius 1 is 1.21 bits per heavy atom. The summed E-state index contributed by atoms with van der Waals surface area (Å²) in [5.74, 6) is 0. The second-order valence-electron chi connectivity index (χ2n) is 3.72.